The number of phenols is 1. The summed E-state index contributed by atoms with van der Waals surface area (Å²) >= 11 is 3.41. The van der Waals surface area contributed by atoms with Gasteiger partial charge in [-0.05, 0) is 55.3 Å². The summed E-state index contributed by atoms with van der Waals surface area (Å²) in [6.07, 6.45) is 0. The molecule has 1 aromatic heterocycles. The highest BCUT2D eigenvalue weighted by atomic mass is 79.9. The van der Waals surface area contributed by atoms with Gasteiger partial charge in [0.2, 0.25) is 0 Å². The van der Waals surface area contributed by atoms with Crippen molar-refractivity contribution in [3.63, 3.8) is 0 Å². The van der Waals surface area contributed by atoms with Gasteiger partial charge in [0.25, 0.3) is 0 Å². The Morgan fingerprint density at radius 1 is 1.11 bits per heavy atom. The number of nitrogens with one attached hydrogen (secondary N) is 1. The number of phenolic OH excluding ortho intramolecular Hbond substituents is 1. The van der Waals surface area contributed by atoms with Gasteiger partial charge in [-0.1, -0.05) is 15.9 Å². The molecule has 0 saturated carbocycles. The van der Waals surface area contributed by atoms with Gasteiger partial charge in [-0.15, -0.1) is 0 Å². The average molecular weight is 317 g/mol. The van der Waals surface area contributed by atoms with E-state index in [1.807, 2.05) is 6.07 Å². The van der Waals surface area contributed by atoms with Gasteiger partial charge in [-0.25, -0.2) is 4.98 Å². The van der Waals surface area contributed by atoms with Crippen molar-refractivity contribution in [2.75, 3.05) is 0 Å². The van der Waals surface area contributed by atoms with Gasteiger partial charge in [-0.2, -0.15) is 0 Å². The molecular formula is C15H13BrN2O. The zero-order chi connectivity index (χ0) is 13.6. The van der Waals surface area contributed by atoms with E-state index in [-0.39, 0.29) is 5.75 Å². The lowest BCUT2D eigenvalue weighted by molar-refractivity contribution is 0.477. The van der Waals surface area contributed by atoms with E-state index in [0.29, 0.717) is 11.4 Å². The summed E-state index contributed by atoms with van der Waals surface area (Å²) in [5.74, 6) is 0.898. The highest BCUT2D eigenvalue weighted by Crippen LogP contribution is 2.31. The third-order valence-electron chi connectivity index (χ3n) is 3.31. The molecule has 0 unspecified atom stereocenters. The lowest BCUT2D eigenvalue weighted by atomic mass is 10.1. The molecular weight excluding hydrogens is 304 g/mol. The molecule has 2 aromatic carbocycles. The van der Waals surface area contributed by atoms with Crippen molar-refractivity contribution in [1.82, 2.24) is 9.97 Å². The number of fused-ring (bicyclic) bond motifs is 1. The number of halogens is 1. The number of H-pyrrole nitrogens is 1. The van der Waals surface area contributed by atoms with Crippen molar-refractivity contribution >= 4 is 27.0 Å². The molecule has 0 aliphatic rings. The van der Waals surface area contributed by atoms with Crippen LogP contribution in [0.1, 0.15) is 11.1 Å². The second-order valence-electron chi connectivity index (χ2n) is 4.70. The monoisotopic (exact) mass is 316 g/mol. The number of aromatic hydroxyl groups is 1. The summed E-state index contributed by atoms with van der Waals surface area (Å²) < 4.78 is 0.910. The van der Waals surface area contributed by atoms with Crippen LogP contribution in [0.15, 0.2) is 34.8 Å². The fourth-order valence-electron chi connectivity index (χ4n) is 2.10. The molecule has 0 saturated heterocycles. The van der Waals surface area contributed by atoms with Crippen LogP contribution < -0.4 is 0 Å². The third kappa shape index (κ3) is 2.12. The van der Waals surface area contributed by atoms with E-state index in [1.165, 1.54) is 11.1 Å². The first-order valence-electron chi connectivity index (χ1n) is 6.00. The van der Waals surface area contributed by atoms with Gasteiger partial charge in [0.05, 0.1) is 16.6 Å². The lowest BCUT2D eigenvalue weighted by Gasteiger charge is -2.01. The van der Waals surface area contributed by atoms with Gasteiger partial charge >= 0.3 is 0 Å². The minimum Gasteiger partial charge on any atom is -0.507 e. The van der Waals surface area contributed by atoms with Crippen LogP contribution in [0.25, 0.3) is 22.4 Å². The highest BCUT2D eigenvalue weighted by Gasteiger charge is 2.10. The fraction of sp³-hybridized carbons (Fsp3) is 0.133. The smallest absolute Gasteiger partial charge is 0.142 e. The Balaban J connectivity index is 2.23. The first kappa shape index (κ1) is 12.2. The van der Waals surface area contributed by atoms with Crippen LogP contribution in [0.4, 0.5) is 0 Å². The highest BCUT2D eigenvalue weighted by molar-refractivity contribution is 9.10. The fourth-order valence-corrected chi connectivity index (χ4v) is 2.46. The number of hydrogen-bond donors (Lipinski definition) is 2. The Hall–Kier alpha value is -1.81. The first-order valence-corrected chi connectivity index (χ1v) is 6.80. The zero-order valence-corrected chi connectivity index (χ0v) is 12.2. The van der Waals surface area contributed by atoms with E-state index < -0.39 is 0 Å². The van der Waals surface area contributed by atoms with Crippen LogP contribution in [0, 0.1) is 13.8 Å². The maximum Gasteiger partial charge on any atom is 0.142 e. The van der Waals surface area contributed by atoms with Gasteiger partial charge in [0.1, 0.15) is 11.6 Å². The van der Waals surface area contributed by atoms with E-state index in [2.05, 4.69) is 51.9 Å². The Labute approximate surface area is 119 Å². The number of aromatic amines is 1. The molecule has 0 atom stereocenters. The summed E-state index contributed by atoms with van der Waals surface area (Å²) in [5.41, 5.74) is 5.03. The van der Waals surface area contributed by atoms with E-state index in [0.717, 1.165) is 15.5 Å². The van der Waals surface area contributed by atoms with E-state index in [1.54, 1.807) is 12.1 Å². The predicted molar refractivity (Wildman–Crippen MR) is 80.4 cm³/mol. The maximum atomic E-state index is 9.94. The SMILES string of the molecule is Cc1cc2nc(-c3cc(Br)ccc3O)[nH]c2cc1C. The van der Waals surface area contributed by atoms with E-state index in [4.69, 9.17) is 0 Å². The van der Waals surface area contributed by atoms with Crippen molar-refractivity contribution in [2.45, 2.75) is 13.8 Å². The Kier molecular flexibility index (Phi) is 2.82. The molecule has 0 fully saturated rings. The molecule has 0 amide bonds. The number of aryl methyl sites for hydroxylation is 2. The molecule has 0 bridgehead atoms. The standard InChI is InChI=1S/C15H13BrN2O/c1-8-5-12-13(6-9(8)2)18-15(17-12)11-7-10(16)3-4-14(11)19/h3-7,19H,1-2H3,(H,17,18). The van der Waals surface area contributed by atoms with Crippen LogP contribution in [-0.2, 0) is 0 Å². The average Bonchev–Trinajstić information content (AvgIpc) is 2.75. The summed E-state index contributed by atoms with van der Waals surface area (Å²) in [7, 11) is 0. The molecule has 96 valence electrons. The Bertz CT molecular complexity index is 738. The van der Waals surface area contributed by atoms with E-state index >= 15 is 0 Å². The number of nitrogens with zero attached hydrogens (tertiary/aromatic N) is 1. The van der Waals surface area contributed by atoms with Gasteiger partial charge in [-0.3, -0.25) is 0 Å². The molecule has 0 spiro atoms. The second-order valence-corrected chi connectivity index (χ2v) is 5.62. The van der Waals surface area contributed by atoms with Crippen LogP contribution in [0.3, 0.4) is 0 Å². The summed E-state index contributed by atoms with van der Waals surface area (Å²) in [4.78, 5) is 7.81. The number of rotatable bonds is 1. The predicted octanol–water partition coefficient (Wildman–Crippen LogP) is 4.31. The van der Waals surface area contributed by atoms with Crippen molar-refractivity contribution in [3.05, 3.63) is 45.9 Å². The van der Waals surface area contributed by atoms with Crippen LogP contribution in [0.5, 0.6) is 5.75 Å². The topological polar surface area (TPSA) is 48.9 Å². The quantitative estimate of drug-likeness (QED) is 0.702. The van der Waals surface area contributed by atoms with Crippen molar-refractivity contribution in [3.8, 4) is 17.1 Å². The van der Waals surface area contributed by atoms with Crippen LogP contribution >= 0.6 is 15.9 Å². The largest absolute Gasteiger partial charge is 0.507 e. The van der Waals surface area contributed by atoms with E-state index in [9.17, 15) is 5.11 Å². The number of imidazole rings is 1. The molecule has 0 aliphatic carbocycles. The molecule has 3 aromatic rings. The maximum absolute atomic E-state index is 9.94. The van der Waals surface area contributed by atoms with Gasteiger partial charge in [0.15, 0.2) is 0 Å². The minimum absolute atomic E-state index is 0.218. The van der Waals surface area contributed by atoms with Crippen LogP contribution in [0.2, 0.25) is 0 Å². The van der Waals surface area contributed by atoms with Crippen molar-refractivity contribution in [2.24, 2.45) is 0 Å². The summed E-state index contributed by atoms with van der Waals surface area (Å²) in [6, 6.07) is 9.45. The van der Waals surface area contributed by atoms with Gasteiger partial charge < -0.3 is 10.1 Å². The molecule has 3 nitrogen and oxygen atoms in total. The van der Waals surface area contributed by atoms with Crippen molar-refractivity contribution < 1.29 is 5.11 Å². The summed E-state index contributed by atoms with van der Waals surface area (Å²) in [6.45, 7) is 4.14. The lowest BCUT2D eigenvalue weighted by Crippen LogP contribution is -1.81. The first-order chi connectivity index (χ1) is 9.04. The number of aromatic nitrogens is 2. The Morgan fingerprint density at radius 2 is 1.84 bits per heavy atom. The molecule has 3 rings (SSSR count). The van der Waals surface area contributed by atoms with Crippen LogP contribution in [-0.4, -0.2) is 15.1 Å². The molecule has 0 radical (unpaired) electrons. The van der Waals surface area contributed by atoms with Crippen molar-refractivity contribution in [1.29, 1.82) is 0 Å². The Morgan fingerprint density at radius 3 is 2.63 bits per heavy atom. The molecule has 0 aliphatic heterocycles. The molecule has 19 heavy (non-hydrogen) atoms. The minimum atomic E-state index is 0.218. The third-order valence-corrected chi connectivity index (χ3v) is 3.80. The van der Waals surface area contributed by atoms with Gasteiger partial charge in [0, 0.05) is 4.47 Å². The molecule has 4 heteroatoms. The number of benzene rings is 2. The zero-order valence-electron chi connectivity index (χ0n) is 10.7. The second kappa shape index (κ2) is 4.38. The molecule has 1 heterocycles. The number of hydrogen-bond acceptors (Lipinski definition) is 2. The summed E-state index contributed by atoms with van der Waals surface area (Å²) in [5, 5.41) is 9.94. The molecule has 2 N–H and O–H groups in total. The normalized spacial score (nSPS) is 11.1.